The van der Waals surface area contributed by atoms with Gasteiger partial charge in [-0.2, -0.15) is 0 Å². The third-order valence-corrected chi connectivity index (χ3v) is 5.11. The first-order chi connectivity index (χ1) is 9.85. The van der Waals surface area contributed by atoms with Crippen molar-refractivity contribution >= 4 is 21.4 Å². The number of aliphatic hydroxyl groups is 1. The summed E-state index contributed by atoms with van der Waals surface area (Å²) in [5, 5.41) is 13.1. The smallest absolute Gasteiger partial charge is 0.240 e. The number of nitrogens with one attached hydrogen (secondary N) is 2. The lowest BCUT2D eigenvalue weighted by Crippen LogP contribution is -2.28. The van der Waals surface area contributed by atoms with E-state index in [-0.39, 0.29) is 10.8 Å². The van der Waals surface area contributed by atoms with E-state index in [1.165, 1.54) is 19.2 Å². The van der Waals surface area contributed by atoms with E-state index >= 15 is 0 Å². The first-order valence-corrected chi connectivity index (χ1v) is 8.59. The number of hydrogen-bond acceptors (Lipinski definition) is 5. The Balaban J connectivity index is 2.78. The van der Waals surface area contributed by atoms with Crippen LogP contribution in [0.2, 0.25) is 0 Å². The molecule has 0 aliphatic rings. The van der Waals surface area contributed by atoms with Gasteiger partial charge in [0.2, 0.25) is 10.0 Å². The number of rotatable bonds is 8. The summed E-state index contributed by atoms with van der Waals surface area (Å²) in [6.07, 6.45) is 1.36. The minimum atomic E-state index is -3.50. The zero-order chi connectivity index (χ0) is 16.0. The van der Waals surface area contributed by atoms with Crippen molar-refractivity contribution in [3.63, 3.8) is 0 Å². The third-order valence-electron chi connectivity index (χ3n) is 3.70. The molecule has 5 N–H and O–H groups in total. The molecule has 7 heteroatoms. The van der Waals surface area contributed by atoms with Gasteiger partial charge in [0.15, 0.2) is 0 Å². The van der Waals surface area contributed by atoms with Crippen LogP contribution in [0.5, 0.6) is 0 Å². The molecule has 0 bridgehead atoms. The highest BCUT2D eigenvalue weighted by atomic mass is 32.2. The summed E-state index contributed by atoms with van der Waals surface area (Å²) >= 11 is 0. The summed E-state index contributed by atoms with van der Waals surface area (Å²) in [4.78, 5) is 0.119. The molecular formula is C14H25N3O3S. The number of anilines is 2. The van der Waals surface area contributed by atoms with Crippen molar-refractivity contribution in [1.29, 1.82) is 0 Å². The molecule has 6 nitrogen and oxygen atoms in total. The molecule has 1 aromatic carbocycles. The highest BCUT2D eigenvalue weighted by molar-refractivity contribution is 7.89. The van der Waals surface area contributed by atoms with E-state index < -0.39 is 16.1 Å². The molecule has 120 valence electrons. The van der Waals surface area contributed by atoms with Crippen LogP contribution >= 0.6 is 0 Å². The quantitative estimate of drug-likeness (QED) is 0.543. The van der Waals surface area contributed by atoms with Crippen LogP contribution in [0.25, 0.3) is 0 Å². The standard InChI is InChI=1S/C14H25N3O3S/c1-4-10(5-2)14(18)9-17-13-7-6-11(8-12(13)15)21(19,20)16-3/h6-8,10,14,16-18H,4-5,9,15H2,1-3H3. The van der Waals surface area contributed by atoms with Crippen molar-refractivity contribution in [1.82, 2.24) is 4.72 Å². The summed E-state index contributed by atoms with van der Waals surface area (Å²) in [7, 11) is -2.15. The first kappa shape index (κ1) is 17.7. The molecule has 1 rings (SSSR count). The fraction of sp³-hybridized carbons (Fsp3) is 0.571. The number of hydrogen-bond donors (Lipinski definition) is 4. The van der Waals surface area contributed by atoms with Gasteiger partial charge in [0.1, 0.15) is 0 Å². The van der Waals surface area contributed by atoms with Crippen LogP contribution < -0.4 is 15.8 Å². The van der Waals surface area contributed by atoms with Crippen molar-refractivity contribution in [2.24, 2.45) is 5.92 Å². The predicted molar refractivity (Wildman–Crippen MR) is 85.7 cm³/mol. The molecule has 0 amide bonds. The van der Waals surface area contributed by atoms with Crippen LogP contribution in [-0.2, 0) is 10.0 Å². The lowest BCUT2D eigenvalue weighted by molar-refractivity contribution is 0.114. The van der Waals surface area contributed by atoms with Crippen molar-refractivity contribution in [2.75, 3.05) is 24.6 Å². The Morgan fingerprint density at radius 2 is 1.90 bits per heavy atom. The molecule has 0 heterocycles. The van der Waals surface area contributed by atoms with Gasteiger partial charge in [0.05, 0.1) is 22.4 Å². The van der Waals surface area contributed by atoms with E-state index in [4.69, 9.17) is 5.73 Å². The number of nitrogen functional groups attached to an aromatic ring is 1. The average molecular weight is 315 g/mol. The van der Waals surface area contributed by atoms with E-state index in [1.807, 2.05) is 13.8 Å². The Hall–Kier alpha value is -1.31. The van der Waals surface area contributed by atoms with Gasteiger partial charge in [0.25, 0.3) is 0 Å². The average Bonchev–Trinajstić information content (AvgIpc) is 2.47. The molecule has 0 aliphatic carbocycles. The fourth-order valence-electron chi connectivity index (χ4n) is 2.20. The first-order valence-electron chi connectivity index (χ1n) is 7.10. The minimum absolute atomic E-state index is 0.119. The zero-order valence-electron chi connectivity index (χ0n) is 12.8. The van der Waals surface area contributed by atoms with Gasteiger partial charge in [-0.3, -0.25) is 0 Å². The molecule has 1 unspecified atom stereocenters. The maximum absolute atomic E-state index is 11.7. The largest absolute Gasteiger partial charge is 0.397 e. The monoisotopic (exact) mass is 315 g/mol. The normalized spacial score (nSPS) is 13.4. The lowest BCUT2D eigenvalue weighted by atomic mass is 9.96. The summed E-state index contributed by atoms with van der Waals surface area (Å²) in [6, 6.07) is 4.49. The number of aliphatic hydroxyl groups excluding tert-OH is 1. The Bertz CT molecular complexity index is 557. The van der Waals surface area contributed by atoms with Crippen LogP contribution in [0, 0.1) is 5.92 Å². The van der Waals surface area contributed by atoms with Gasteiger partial charge in [0, 0.05) is 6.54 Å². The third kappa shape index (κ3) is 4.59. The molecule has 0 saturated carbocycles. The van der Waals surface area contributed by atoms with Crippen LogP contribution in [0.15, 0.2) is 23.1 Å². The van der Waals surface area contributed by atoms with Crippen LogP contribution in [-0.4, -0.2) is 33.2 Å². The van der Waals surface area contributed by atoms with Gasteiger partial charge in [-0.15, -0.1) is 0 Å². The summed E-state index contributed by atoms with van der Waals surface area (Å²) in [6.45, 7) is 4.47. The highest BCUT2D eigenvalue weighted by Crippen LogP contribution is 2.23. The summed E-state index contributed by atoms with van der Waals surface area (Å²) < 4.78 is 25.6. The van der Waals surface area contributed by atoms with Gasteiger partial charge in [-0.05, 0) is 31.2 Å². The number of nitrogens with two attached hydrogens (primary N) is 1. The van der Waals surface area contributed by atoms with Gasteiger partial charge < -0.3 is 16.2 Å². The zero-order valence-corrected chi connectivity index (χ0v) is 13.6. The second kappa shape index (κ2) is 7.63. The van der Waals surface area contributed by atoms with E-state index in [0.717, 1.165) is 12.8 Å². The van der Waals surface area contributed by atoms with Gasteiger partial charge in [-0.25, -0.2) is 13.1 Å². The fourth-order valence-corrected chi connectivity index (χ4v) is 2.97. The van der Waals surface area contributed by atoms with Gasteiger partial charge >= 0.3 is 0 Å². The van der Waals surface area contributed by atoms with Crippen LogP contribution in [0.4, 0.5) is 11.4 Å². The minimum Gasteiger partial charge on any atom is -0.397 e. The predicted octanol–water partition coefficient (Wildman–Crippen LogP) is 1.39. The molecule has 1 atom stereocenters. The van der Waals surface area contributed by atoms with Crippen molar-refractivity contribution in [3.05, 3.63) is 18.2 Å². The van der Waals surface area contributed by atoms with E-state index in [1.54, 1.807) is 6.07 Å². The molecule has 21 heavy (non-hydrogen) atoms. The maximum atomic E-state index is 11.7. The highest BCUT2D eigenvalue weighted by Gasteiger charge is 2.16. The lowest BCUT2D eigenvalue weighted by Gasteiger charge is -2.21. The Morgan fingerprint density at radius 1 is 1.29 bits per heavy atom. The molecule has 1 aromatic rings. The van der Waals surface area contributed by atoms with E-state index in [9.17, 15) is 13.5 Å². The Labute approximate surface area is 126 Å². The van der Waals surface area contributed by atoms with Crippen molar-refractivity contribution in [3.8, 4) is 0 Å². The molecule has 0 saturated heterocycles. The summed E-state index contributed by atoms with van der Waals surface area (Å²) in [5.41, 5.74) is 6.82. The summed E-state index contributed by atoms with van der Waals surface area (Å²) in [5.74, 6) is 0.239. The number of sulfonamides is 1. The Kier molecular flexibility index (Phi) is 6.44. The van der Waals surface area contributed by atoms with E-state index in [2.05, 4.69) is 10.0 Å². The van der Waals surface area contributed by atoms with Gasteiger partial charge in [-0.1, -0.05) is 26.7 Å². The van der Waals surface area contributed by atoms with Crippen molar-refractivity contribution < 1.29 is 13.5 Å². The molecule has 0 aliphatic heterocycles. The maximum Gasteiger partial charge on any atom is 0.240 e. The second-order valence-electron chi connectivity index (χ2n) is 4.98. The molecule has 0 spiro atoms. The topological polar surface area (TPSA) is 104 Å². The molecule has 0 aromatic heterocycles. The Morgan fingerprint density at radius 3 is 2.38 bits per heavy atom. The van der Waals surface area contributed by atoms with Crippen molar-refractivity contribution in [2.45, 2.75) is 37.7 Å². The molecule has 0 fully saturated rings. The SMILES string of the molecule is CCC(CC)C(O)CNc1ccc(S(=O)(=O)NC)cc1N. The molecular weight excluding hydrogens is 290 g/mol. The number of benzene rings is 1. The second-order valence-corrected chi connectivity index (χ2v) is 6.87. The van der Waals surface area contributed by atoms with Crippen LogP contribution in [0.3, 0.4) is 0 Å². The van der Waals surface area contributed by atoms with Crippen LogP contribution in [0.1, 0.15) is 26.7 Å². The van der Waals surface area contributed by atoms with E-state index in [0.29, 0.717) is 17.9 Å². The molecule has 0 radical (unpaired) electrons.